The number of rotatable bonds is 3. The summed E-state index contributed by atoms with van der Waals surface area (Å²) in [6, 6.07) is 1.44. The molecule has 5 rings (SSSR count). The molecule has 1 aliphatic carbocycles. The number of pyridine rings is 1. The zero-order chi connectivity index (χ0) is 20.3. The average molecular weight is 401 g/mol. The fourth-order valence-electron chi connectivity index (χ4n) is 4.68. The molecule has 154 valence electrons. The molecule has 0 spiro atoms. The van der Waals surface area contributed by atoms with E-state index < -0.39 is 17.2 Å². The Kier molecular flexibility index (Phi) is 4.36. The zero-order valence-electron chi connectivity index (χ0n) is 16.3. The topological polar surface area (TPSA) is 86.8 Å². The Bertz CT molecular complexity index is 1060. The second kappa shape index (κ2) is 6.81. The van der Waals surface area contributed by atoms with E-state index in [-0.39, 0.29) is 42.3 Å². The van der Waals surface area contributed by atoms with Crippen LogP contribution in [0.25, 0.3) is 10.9 Å². The predicted octanol–water partition coefficient (Wildman–Crippen LogP) is 2.09. The number of carbonyl (C=O) groups is 1. The van der Waals surface area contributed by atoms with E-state index in [1.54, 1.807) is 13.1 Å². The van der Waals surface area contributed by atoms with Gasteiger partial charge in [0.25, 0.3) is 0 Å². The van der Waals surface area contributed by atoms with Gasteiger partial charge in [-0.25, -0.2) is 9.18 Å². The fraction of sp³-hybridized carbons (Fsp3) is 0.524. The lowest BCUT2D eigenvalue weighted by molar-refractivity contribution is 0.0524. The van der Waals surface area contributed by atoms with Crippen LogP contribution in [0, 0.1) is 5.82 Å². The Morgan fingerprint density at radius 2 is 2.17 bits per heavy atom. The van der Waals surface area contributed by atoms with Crippen molar-refractivity contribution in [2.75, 3.05) is 24.7 Å². The second-order valence-electron chi connectivity index (χ2n) is 8.13. The molecule has 1 aromatic heterocycles. The largest absolute Gasteiger partial charge is 0.462 e. The van der Waals surface area contributed by atoms with Crippen LogP contribution >= 0.6 is 0 Å². The number of carbonyl (C=O) groups excluding carboxylic acids is 1. The Morgan fingerprint density at radius 1 is 1.38 bits per heavy atom. The van der Waals surface area contributed by atoms with Gasteiger partial charge in [0.1, 0.15) is 11.4 Å². The number of fused-ring (bicyclic) bond motifs is 5. The first-order chi connectivity index (χ1) is 14.0. The summed E-state index contributed by atoms with van der Waals surface area (Å²) in [5, 5.41) is 0.198. The summed E-state index contributed by atoms with van der Waals surface area (Å²) in [7, 11) is 0. The Morgan fingerprint density at radius 3 is 2.90 bits per heavy atom. The summed E-state index contributed by atoms with van der Waals surface area (Å²) in [5.41, 5.74) is 7.37. The van der Waals surface area contributed by atoms with Crippen molar-refractivity contribution >= 4 is 22.6 Å². The van der Waals surface area contributed by atoms with Crippen molar-refractivity contribution in [3.05, 3.63) is 39.4 Å². The van der Waals surface area contributed by atoms with Crippen molar-refractivity contribution in [3.8, 4) is 0 Å². The molecule has 7 nitrogen and oxygen atoms in total. The molecule has 29 heavy (non-hydrogen) atoms. The molecule has 1 aromatic carbocycles. The molecule has 2 N–H and O–H groups in total. The number of hydrogen-bond donors (Lipinski definition) is 1. The molecule has 0 bridgehead atoms. The van der Waals surface area contributed by atoms with E-state index in [0.717, 1.165) is 19.3 Å². The summed E-state index contributed by atoms with van der Waals surface area (Å²) < 4.78 is 28.2. The minimum absolute atomic E-state index is 0.0260. The number of nitrogens with zero attached hydrogens (tertiary/aromatic N) is 2. The second-order valence-corrected chi connectivity index (χ2v) is 8.13. The molecular weight excluding hydrogens is 377 g/mol. The molecule has 3 aliphatic rings. The first-order valence-electron chi connectivity index (χ1n) is 10.2. The average Bonchev–Trinajstić information content (AvgIpc) is 3.47. The molecule has 0 unspecified atom stereocenters. The minimum atomic E-state index is -0.675. The first kappa shape index (κ1) is 18.6. The normalized spacial score (nSPS) is 23.6. The van der Waals surface area contributed by atoms with Crippen LogP contribution in [0.15, 0.2) is 17.1 Å². The Hall–Kier alpha value is -2.45. The third kappa shape index (κ3) is 2.93. The number of anilines is 1. The highest BCUT2D eigenvalue weighted by molar-refractivity contribution is 5.96. The van der Waals surface area contributed by atoms with Gasteiger partial charge in [-0.05, 0) is 32.3 Å². The molecule has 1 saturated heterocycles. The van der Waals surface area contributed by atoms with Crippen LogP contribution in [0.2, 0.25) is 0 Å². The van der Waals surface area contributed by atoms with E-state index in [4.69, 9.17) is 15.2 Å². The SMILES string of the molecule is CCOC(=O)c1cn(C2CC2)c2c3c(c(F)cc2c1=O)N1C[C@H](N)C[C@H]1COC3. The van der Waals surface area contributed by atoms with Gasteiger partial charge in [-0.2, -0.15) is 0 Å². The third-order valence-corrected chi connectivity index (χ3v) is 6.07. The number of esters is 1. The highest BCUT2D eigenvalue weighted by atomic mass is 19.1. The molecule has 2 atom stereocenters. The van der Waals surface area contributed by atoms with Crippen molar-refractivity contribution in [2.24, 2.45) is 5.73 Å². The van der Waals surface area contributed by atoms with E-state index in [2.05, 4.69) is 0 Å². The van der Waals surface area contributed by atoms with E-state index >= 15 is 4.39 Å². The number of hydrogen-bond acceptors (Lipinski definition) is 6. The van der Waals surface area contributed by atoms with Crippen molar-refractivity contribution in [1.29, 1.82) is 0 Å². The molecular formula is C21H24FN3O4. The van der Waals surface area contributed by atoms with Crippen LogP contribution in [0.3, 0.4) is 0 Å². The van der Waals surface area contributed by atoms with Crippen molar-refractivity contribution in [2.45, 2.75) is 50.9 Å². The van der Waals surface area contributed by atoms with Crippen LogP contribution in [-0.4, -0.2) is 42.4 Å². The van der Waals surface area contributed by atoms with Gasteiger partial charge in [-0.3, -0.25) is 4.79 Å². The molecule has 2 aromatic rings. The van der Waals surface area contributed by atoms with Gasteiger partial charge in [0.05, 0.1) is 37.1 Å². The summed E-state index contributed by atoms with van der Waals surface area (Å²) in [6.45, 7) is 3.10. The van der Waals surface area contributed by atoms with Crippen LogP contribution in [0.1, 0.15) is 48.1 Å². The number of aromatic nitrogens is 1. The van der Waals surface area contributed by atoms with Crippen LogP contribution in [-0.2, 0) is 16.1 Å². The minimum Gasteiger partial charge on any atom is -0.462 e. The standard InChI is InChI=1S/C21H24FN3O4/c1-2-29-21(27)15-8-25(12-3-4-12)18-14(20(15)26)6-17(22)19-16(18)10-28-9-13-5-11(23)7-24(13)19/h6,8,11-13H,2-5,7,9-10,23H2,1H3/t11-,13+/m1/s1. The van der Waals surface area contributed by atoms with Gasteiger partial charge < -0.3 is 24.7 Å². The summed E-state index contributed by atoms with van der Waals surface area (Å²) in [4.78, 5) is 27.4. The van der Waals surface area contributed by atoms with E-state index in [9.17, 15) is 9.59 Å². The maximum atomic E-state index is 15.4. The highest BCUT2D eigenvalue weighted by Crippen LogP contribution is 2.42. The van der Waals surface area contributed by atoms with Gasteiger partial charge in [0, 0.05) is 35.8 Å². The number of nitrogens with two attached hydrogens (primary N) is 1. The lowest BCUT2D eigenvalue weighted by Gasteiger charge is -2.27. The number of ether oxygens (including phenoxy) is 2. The molecule has 2 fully saturated rings. The van der Waals surface area contributed by atoms with Crippen molar-refractivity contribution in [3.63, 3.8) is 0 Å². The summed E-state index contributed by atoms with van der Waals surface area (Å²) in [6.07, 6.45) is 4.22. The number of benzene rings is 1. The van der Waals surface area contributed by atoms with E-state index in [1.807, 2.05) is 9.47 Å². The Labute approximate surface area is 167 Å². The van der Waals surface area contributed by atoms with Gasteiger partial charge in [-0.15, -0.1) is 0 Å². The van der Waals surface area contributed by atoms with Crippen LogP contribution in [0.5, 0.6) is 0 Å². The molecule has 0 radical (unpaired) electrons. The van der Waals surface area contributed by atoms with Crippen LogP contribution in [0.4, 0.5) is 10.1 Å². The highest BCUT2D eigenvalue weighted by Gasteiger charge is 2.37. The first-order valence-corrected chi connectivity index (χ1v) is 10.2. The van der Waals surface area contributed by atoms with Crippen molar-refractivity contribution in [1.82, 2.24) is 4.57 Å². The summed E-state index contributed by atoms with van der Waals surface area (Å²) in [5.74, 6) is -1.15. The quantitative estimate of drug-likeness (QED) is 0.793. The maximum Gasteiger partial charge on any atom is 0.343 e. The molecule has 2 aliphatic heterocycles. The van der Waals surface area contributed by atoms with E-state index in [1.165, 1.54) is 6.07 Å². The predicted molar refractivity (Wildman–Crippen MR) is 106 cm³/mol. The van der Waals surface area contributed by atoms with Gasteiger partial charge >= 0.3 is 5.97 Å². The lowest BCUT2D eigenvalue weighted by Crippen LogP contribution is -2.33. The van der Waals surface area contributed by atoms with Gasteiger partial charge in [-0.1, -0.05) is 0 Å². The van der Waals surface area contributed by atoms with Crippen molar-refractivity contribution < 1.29 is 18.7 Å². The number of halogens is 1. The molecule has 0 amide bonds. The summed E-state index contributed by atoms with van der Waals surface area (Å²) >= 11 is 0. The molecule has 8 heteroatoms. The van der Waals surface area contributed by atoms with Gasteiger partial charge in [0.2, 0.25) is 5.43 Å². The van der Waals surface area contributed by atoms with Crippen LogP contribution < -0.4 is 16.1 Å². The maximum absolute atomic E-state index is 15.4. The molecule has 1 saturated carbocycles. The Balaban J connectivity index is 1.80. The van der Waals surface area contributed by atoms with Gasteiger partial charge in [0.15, 0.2) is 0 Å². The lowest BCUT2D eigenvalue weighted by atomic mass is 10.0. The monoisotopic (exact) mass is 401 g/mol. The smallest absolute Gasteiger partial charge is 0.343 e. The molecule has 3 heterocycles. The third-order valence-electron chi connectivity index (χ3n) is 6.07. The fourth-order valence-corrected chi connectivity index (χ4v) is 4.68. The van der Waals surface area contributed by atoms with E-state index in [0.29, 0.717) is 29.9 Å². The zero-order valence-corrected chi connectivity index (χ0v) is 16.3.